The molecule has 0 aliphatic carbocycles. The van der Waals surface area contributed by atoms with Crippen LogP contribution in [0, 0.1) is 0 Å². The van der Waals surface area contributed by atoms with E-state index in [-0.39, 0.29) is 11.4 Å². The molecule has 0 aromatic carbocycles. The number of rotatable bonds is 7. The first-order chi connectivity index (χ1) is 8.50. The van der Waals surface area contributed by atoms with E-state index in [0.29, 0.717) is 12.4 Å². The summed E-state index contributed by atoms with van der Waals surface area (Å²) in [6.45, 7) is 5.06. The minimum Gasteiger partial charge on any atom is -0.383 e. The number of thioether (sulfide) groups is 1. The van der Waals surface area contributed by atoms with Crippen LogP contribution in [0.3, 0.4) is 0 Å². The van der Waals surface area contributed by atoms with E-state index in [2.05, 4.69) is 10.2 Å². The maximum Gasteiger partial charge on any atom is 0.164 e. The Bertz CT molecular complexity index is 335. The minimum absolute atomic E-state index is 0.121. The van der Waals surface area contributed by atoms with E-state index in [4.69, 9.17) is 4.74 Å². The highest BCUT2D eigenvalue weighted by molar-refractivity contribution is 8.00. The second-order valence-corrected chi connectivity index (χ2v) is 7.87. The fourth-order valence-corrected chi connectivity index (χ4v) is 5.10. The zero-order valence-electron chi connectivity index (χ0n) is 11.4. The molecule has 5 nitrogen and oxygen atoms in total. The zero-order chi connectivity index (χ0) is 13.6. The van der Waals surface area contributed by atoms with E-state index < -0.39 is 9.84 Å². The van der Waals surface area contributed by atoms with E-state index in [1.807, 2.05) is 6.92 Å². The predicted octanol–water partition coefficient (Wildman–Crippen LogP) is 0.0304. The molecule has 0 saturated carbocycles. The molecule has 1 aliphatic heterocycles. The lowest BCUT2D eigenvalue weighted by Crippen LogP contribution is -2.56. The molecule has 1 rings (SSSR count). The largest absolute Gasteiger partial charge is 0.383 e. The fraction of sp³-hybridized carbons (Fsp3) is 1.00. The third-order valence-corrected chi connectivity index (χ3v) is 5.74. The molecular formula is C11H24N2O3S2. The number of nitrogens with one attached hydrogen (secondary N) is 1. The summed E-state index contributed by atoms with van der Waals surface area (Å²) in [5, 5.41) is 2.90. The molecule has 2 unspecified atom stereocenters. The van der Waals surface area contributed by atoms with Crippen molar-refractivity contribution in [2.45, 2.75) is 18.3 Å². The Morgan fingerprint density at radius 1 is 1.56 bits per heavy atom. The van der Waals surface area contributed by atoms with Crippen LogP contribution in [0.25, 0.3) is 0 Å². The first kappa shape index (κ1) is 16.2. The summed E-state index contributed by atoms with van der Waals surface area (Å²) < 4.78 is 29.0. The topological polar surface area (TPSA) is 58.6 Å². The summed E-state index contributed by atoms with van der Waals surface area (Å²) in [6, 6.07) is 0.121. The third-order valence-electron chi connectivity index (χ3n) is 3.08. The van der Waals surface area contributed by atoms with Crippen molar-refractivity contribution in [2.75, 3.05) is 51.1 Å². The number of methoxy groups -OCH3 is 1. The van der Waals surface area contributed by atoms with Gasteiger partial charge in [0.2, 0.25) is 0 Å². The van der Waals surface area contributed by atoms with Crippen LogP contribution in [-0.4, -0.2) is 75.8 Å². The number of hydrogen-bond donors (Lipinski definition) is 1. The molecule has 1 aliphatic rings. The van der Waals surface area contributed by atoms with Gasteiger partial charge in [-0.15, -0.1) is 0 Å². The Morgan fingerprint density at radius 3 is 2.83 bits per heavy atom. The quantitative estimate of drug-likeness (QED) is 0.715. The zero-order valence-corrected chi connectivity index (χ0v) is 13.0. The van der Waals surface area contributed by atoms with Crippen molar-refractivity contribution in [3.8, 4) is 0 Å². The molecule has 0 aromatic rings. The van der Waals surface area contributed by atoms with Crippen LogP contribution in [-0.2, 0) is 14.6 Å². The summed E-state index contributed by atoms with van der Waals surface area (Å²) in [6.07, 6.45) is 1.33. The minimum atomic E-state index is -3.04. The smallest absolute Gasteiger partial charge is 0.164 e. The standard InChI is InChI=1S/C11H24N2O3S2/c1-4-12-7-10(8-16-2)13-5-6-17-9-11(13)18(3,14)15/h10-12H,4-9H2,1-3H3. The number of sulfone groups is 1. The van der Waals surface area contributed by atoms with Crippen LogP contribution in [0.5, 0.6) is 0 Å². The van der Waals surface area contributed by atoms with Gasteiger partial charge in [0.25, 0.3) is 0 Å². The number of hydrogen-bond acceptors (Lipinski definition) is 6. The van der Waals surface area contributed by atoms with Gasteiger partial charge < -0.3 is 10.1 Å². The average Bonchev–Trinajstić information content (AvgIpc) is 2.33. The highest BCUT2D eigenvalue weighted by Gasteiger charge is 2.35. The van der Waals surface area contributed by atoms with E-state index in [1.54, 1.807) is 18.9 Å². The number of ether oxygens (including phenoxy) is 1. The van der Waals surface area contributed by atoms with Gasteiger partial charge in [-0.2, -0.15) is 11.8 Å². The molecule has 7 heteroatoms. The summed E-state index contributed by atoms with van der Waals surface area (Å²) in [7, 11) is -1.38. The highest BCUT2D eigenvalue weighted by Crippen LogP contribution is 2.22. The van der Waals surface area contributed by atoms with Crippen molar-refractivity contribution in [1.29, 1.82) is 0 Å². The van der Waals surface area contributed by atoms with Gasteiger partial charge in [0.1, 0.15) is 5.37 Å². The van der Waals surface area contributed by atoms with Crippen LogP contribution in [0.15, 0.2) is 0 Å². The second-order valence-electron chi connectivity index (χ2n) is 4.51. The lowest BCUT2D eigenvalue weighted by atomic mass is 10.2. The summed E-state index contributed by atoms with van der Waals surface area (Å²) in [5.41, 5.74) is 0. The molecule has 108 valence electrons. The lowest BCUT2D eigenvalue weighted by molar-refractivity contribution is 0.0869. The first-order valence-corrected chi connectivity index (χ1v) is 9.33. The van der Waals surface area contributed by atoms with Crippen LogP contribution in [0.1, 0.15) is 6.92 Å². The van der Waals surface area contributed by atoms with E-state index in [0.717, 1.165) is 25.4 Å². The van der Waals surface area contributed by atoms with Crippen LogP contribution in [0.4, 0.5) is 0 Å². The molecule has 0 bridgehead atoms. The monoisotopic (exact) mass is 296 g/mol. The molecule has 18 heavy (non-hydrogen) atoms. The summed E-state index contributed by atoms with van der Waals surface area (Å²) in [4.78, 5) is 2.08. The van der Waals surface area contributed by atoms with Crippen molar-refractivity contribution in [3.63, 3.8) is 0 Å². The molecule has 1 N–H and O–H groups in total. The lowest BCUT2D eigenvalue weighted by Gasteiger charge is -2.39. The molecule has 2 atom stereocenters. The van der Waals surface area contributed by atoms with Gasteiger partial charge in [-0.25, -0.2) is 8.42 Å². The van der Waals surface area contributed by atoms with Crippen molar-refractivity contribution in [1.82, 2.24) is 10.2 Å². The van der Waals surface area contributed by atoms with Crippen LogP contribution >= 0.6 is 11.8 Å². The van der Waals surface area contributed by atoms with Crippen LogP contribution < -0.4 is 5.32 Å². The van der Waals surface area contributed by atoms with Gasteiger partial charge in [-0.05, 0) is 6.54 Å². The Balaban J connectivity index is 2.77. The molecular weight excluding hydrogens is 272 g/mol. The van der Waals surface area contributed by atoms with Gasteiger partial charge in [0.05, 0.1) is 6.61 Å². The van der Waals surface area contributed by atoms with Gasteiger partial charge in [-0.1, -0.05) is 6.92 Å². The normalized spacial score (nSPS) is 24.1. The Labute approximate surface area is 115 Å². The van der Waals surface area contributed by atoms with Crippen molar-refractivity contribution < 1.29 is 13.2 Å². The van der Waals surface area contributed by atoms with Gasteiger partial charge in [0, 0.05) is 44.0 Å². The van der Waals surface area contributed by atoms with Crippen molar-refractivity contribution in [3.05, 3.63) is 0 Å². The Morgan fingerprint density at radius 2 is 2.28 bits per heavy atom. The first-order valence-electron chi connectivity index (χ1n) is 6.22. The molecule has 0 spiro atoms. The van der Waals surface area contributed by atoms with Crippen LogP contribution in [0.2, 0.25) is 0 Å². The molecule has 1 heterocycles. The summed E-state index contributed by atoms with van der Waals surface area (Å²) in [5.74, 6) is 1.64. The van der Waals surface area contributed by atoms with Gasteiger partial charge in [-0.3, -0.25) is 4.90 Å². The maximum atomic E-state index is 11.9. The predicted molar refractivity (Wildman–Crippen MR) is 76.9 cm³/mol. The van der Waals surface area contributed by atoms with Crippen molar-refractivity contribution in [2.24, 2.45) is 0 Å². The molecule has 1 saturated heterocycles. The molecule has 0 aromatic heterocycles. The fourth-order valence-electron chi connectivity index (χ4n) is 2.16. The molecule has 1 fully saturated rings. The number of nitrogens with zero attached hydrogens (tertiary/aromatic N) is 1. The van der Waals surface area contributed by atoms with Crippen molar-refractivity contribution >= 4 is 21.6 Å². The number of likely N-dealkylation sites (N-methyl/N-ethyl adjacent to an activating group) is 1. The Kier molecular flexibility index (Phi) is 6.94. The highest BCUT2D eigenvalue weighted by atomic mass is 32.2. The van der Waals surface area contributed by atoms with Gasteiger partial charge >= 0.3 is 0 Å². The van der Waals surface area contributed by atoms with E-state index in [1.165, 1.54) is 6.26 Å². The Hall–Kier alpha value is 0.180. The third kappa shape index (κ3) is 4.70. The van der Waals surface area contributed by atoms with Gasteiger partial charge in [0.15, 0.2) is 9.84 Å². The van der Waals surface area contributed by atoms with E-state index in [9.17, 15) is 8.42 Å². The summed E-state index contributed by atoms with van der Waals surface area (Å²) >= 11 is 1.71. The maximum absolute atomic E-state index is 11.9. The average molecular weight is 296 g/mol. The van der Waals surface area contributed by atoms with E-state index >= 15 is 0 Å². The SMILES string of the molecule is CCNCC(COC)N1CCSCC1S(C)(=O)=O. The molecule has 0 radical (unpaired) electrons. The molecule has 0 amide bonds. The second kappa shape index (κ2) is 7.69.